The number of unbranched alkanes of at least 4 members (excludes halogenated alkanes) is 14. The predicted molar refractivity (Wildman–Crippen MR) is 101 cm³/mol. The van der Waals surface area contributed by atoms with Gasteiger partial charge in [-0.25, -0.2) is 4.79 Å². The van der Waals surface area contributed by atoms with Crippen molar-refractivity contribution in [1.29, 1.82) is 0 Å². The Morgan fingerprint density at radius 1 is 0.783 bits per heavy atom. The fraction of sp³-hybridized carbons (Fsp3) is 0.762. The van der Waals surface area contributed by atoms with Crippen molar-refractivity contribution >= 4 is 5.97 Å². The average Bonchev–Trinajstić information content (AvgIpc) is 2.54. The molecule has 0 fully saturated rings. The highest BCUT2D eigenvalue weighted by Crippen LogP contribution is 2.13. The third-order valence-corrected chi connectivity index (χ3v) is 4.32. The molecule has 0 atom stereocenters. The van der Waals surface area contributed by atoms with Crippen LogP contribution in [0.2, 0.25) is 0 Å². The van der Waals surface area contributed by atoms with E-state index in [1.165, 1.54) is 83.5 Å². The maximum absolute atomic E-state index is 10.5. The first-order chi connectivity index (χ1) is 11.2. The predicted octanol–water partition coefficient (Wildman–Crippen LogP) is 7.05. The highest BCUT2D eigenvalue weighted by Gasteiger charge is 1.97. The molecule has 0 unspecified atom stereocenters. The zero-order chi connectivity index (χ0) is 17.2. The molecule has 0 saturated carbocycles. The zero-order valence-electron chi connectivity index (χ0n) is 15.3. The van der Waals surface area contributed by atoms with Gasteiger partial charge in [-0.15, -0.1) is 0 Å². The van der Waals surface area contributed by atoms with Crippen molar-refractivity contribution in [3.63, 3.8) is 0 Å². The molecule has 2 nitrogen and oxygen atoms in total. The van der Waals surface area contributed by atoms with E-state index < -0.39 is 5.97 Å². The lowest BCUT2D eigenvalue weighted by atomic mass is 10.0. The van der Waals surface area contributed by atoms with Gasteiger partial charge in [0.2, 0.25) is 0 Å². The smallest absolute Gasteiger partial charge is 0.335 e. The lowest BCUT2D eigenvalue weighted by molar-refractivity contribution is -0.132. The molecular formula is C21H38O2. The molecule has 1 N–H and O–H groups in total. The molecule has 0 amide bonds. The highest BCUT2D eigenvalue weighted by atomic mass is 16.4. The van der Waals surface area contributed by atoms with Crippen LogP contribution in [0.25, 0.3) is 0 Å². The van der Waals surface area contributed by atoms with Gasteiger partial charge < -0.3 is 5.11 Å². The van der Waals surface area contributed by atoms with Crippen LogP contribution >= 0.6 is 0 Å². The van der Waals surface area contributed by atoms with Crippen LogP contribution in [0.4, 0.5) is 0 Å². The largest absolute Gasteiger partial charge is 0.478 e. The minimum atomic E-state index is -0.929. The zero-order valence-corrected chi connectivity index (χ0v) is 15.3. The van der Waals surface area contributed by atoms with Crippen molar-refractivity contribution in [2.24, 2.45) is 0 Å². The molecule has 0 aromatic heterocycles. The van der Waals surface area contributed by atoms with E-state index in [1.807, 2.05) is 6.08 Å². The average molecular weight is 323 g/mol. The summed E-state index contributed by atoms with van der Waals surface area (Å²) in [7, 11) is 0. The van der Waals surface area contributed by atoms with Gasteiger partial charge in [0.1, 0.15) is 0 Å². The van der Waals surface area contributed by atoms with E-state index in [-0.39, 0.29) is 5.57 Å². The number of allylic oxidation sites excluding steroid dienone is 1. The van der Waals surface area contributed by atoms with Crippen LogP contribution in [-0.2, 0) is 4.79 Å². The minimum absolute atomic E-state index is 0.176. The maximum Gasteiger partial charge on any atom is 0.335 e. The molecule has 0 aliphatic carbocycles. The summed E-state index contributed by atoms with van der Waals surface area (Å²) in [6.45, 7) is 5.75. The molecule has 0 heterocycles. The normalized spacial score (nSPS) is 11.2. The van der Waals surface area contributed by atoms with E-state index in [4.69, 9.17) is 5.11 Å². The Labute approximate surface area is 144 Å². The second-order valence-electron chi connectivity index (χ2n) is 6.62. The topological polar surface area (TPSA) is 37.3 Å². The van der Waals surface area contributed by atoms with Gasteiger partial charge in [0.25, 0.3) is 0 Å². The molecule has 0 rings (SSSR count). The van der Waals surface area contributed by atoms with E-state index in [0.717, 1.165) is 12.8 Å². The summed E-state index contributed by atoms with van der Waals surface area (Å²) < 4.78 is 0. The number of carbonyl (C=O) groups is 1. The minimum Gasteiger partial charge on any atom is -0.478 e. The monoisotopic (exact) mass is 322 g/mol. The van der Waals surface area contributed by atoms with E-state index in [2.05, 4.69) is 13.5 Å². The van der Waals surface area contributed by atoms with Gasteiger partial charge in [-0.05, 0) is 12.8 Å². The van der Waals surface area contributed by atoms with Crippen molar-refractivity contribution in [2.75, 3.05) is 0 Å². The second kappa shape index (κ2) is 17.3. The van der Waals surface area contributed by atoms with Crippen LogP contribution in [0, 0.1) is 0 Å². The molecule has 0 radical (unpaired) electrons. The van der Waals surface area contributed by atoms with Crippen LogP contribution in [0.5, 0.6) is 0 Å². The fourth-order valence-electron chi connectivity index (χ4n) is 2.75. The molecule has 0 saturated heterocycles. The summed E-state index contributed by atoms with van der Waals surface area (Å²) >= 11 is 0. The number of aliphatic carboxylic acids is 1. The molecule has 23 heavy (non-hydrogen) atoms. The number of carboxylic acids is 1. The van der Waals surface area contributed by atoms with Gasteiger partial charge >= 0.3 is 5.97 Å². The first-order valence-corrected chi connectivity index (χ1v) is 9.77. The van der Waals surface area contributed by atoms with E-state index in [1.54, 1.807) is 6.08 Å². The number of hydrogen-bond donors (Lipinski definition) is 1. The van der Waals surface area contributed by atoms with Gasteiger partial charge in [-0.3, -0.25) is 0 Å². The molecule has 0 aromatic carbocycles. The van der Waals surface area contributed by atoms with Gasteiger partial charge in [0.05, 0.1) is 5.57 Å². The molecule has 0 aromatic rings. The Hall–Kier alpha value is -1.05. The van der Waals surface area contributed by atoms with Crippen LogP contribution in [-0.4, -0.2) is 11.1 Å². The Bertz CT molecular complexity index is 318. The molecule has 0 spiro atoms. The van der Waals surface area contributed by atoms with Gasteiger partial charge in [-0.2, -0.15) is 0 Å². The van der Waals surface area contributed by atoms with Crippen LogP contribution < -0.4 is 0 Å². The van der Waals surface area contributed by atoms with Crippen molar-refractivity contribution in [3.8, 4) is 0 Å². The molecule has 0 aliphatic rings. The summed E-state index contributed by atoms with van der Waals surface area (Å²) in [5.41, 5.74) is 0.176. The third-order valence-electron chi connectivity index (χ3n) is 4.32. The quantitative estimate of drug-likeness (QED) is 0.177. The first-order valence-electron chi connectivity index (χ1n) is 9.77. The molecular weight excluding hydrogens is 284 g/mol. The summed E-state index contributed by atoms with van der Waals surface area (Å²) in [6.07, 6.45) is 23.6. The molecule has 2 heteroatoms. The standard InChI is InChI=1S/C21H38O2/c1-3-4-5-6-7-8-9-10-11-12-13-14-15-16-17-18-19-20(2)21(22)23/h18-19H,2-17H2,1H3,(H,22,23)/b19-18+. The summed E-state index contributed by atoms with van der Waals surface area (Å²) in [4.78, 5) is 10.5. The van der Waals surface area contributed by atoms with Gasteiger partial charge in [-0.1, -0.05) is 109 Å². The SMILES string of the molecule is C=C(/C=C/CCCCCCCCCCCCCCCC)C(=O)O. The fourth-order valence-corrected chi connectivity index (χ4v) is 2.75. The third kappa shape index (κ3) is 17.1. The molecule has 134 valence electrons. The van der Waals surface area contributed by atoms with Crippen molar-refractivity contribution in [1.82, 2.24) is 0 Å². The Kier molecular flexibility index (Phi) is 16.5. The Morgan fingerprint density at radius 2 is 1.17 bits per heavy atom. The Morgan fingerprint density at radius 3 is 1.57 bits per heavy atom. The van der Waals surface area contributed by atoms with E-state index >= 15 is 0 Å². The van der Waals surface area contributed by atoms with E-state index in [0.29, 0.717) is 0 Å². The van der Waals surface area contributed by atoms with Crippen molar-refractivity contribution in [2.45, 2.75) is 103 Å². The number of rotatable bonds is 17. The first kappa shape index (κ1) is 21.9. The Balaban J connectivity index is 3.13. The van der Waals surface area contributed by atoms with Gasteiger partial charge in [0, 0.05) is 0 Å². The van der Waals surface area contributed by atoms with Crippen LogP contribution in [0.3, 0.4) is 0 Å². The van der Waals surface area contributed by atoms with Crippen LogP contribution in [0.15, 0.2) is 24.3 Å². The summed E-state index contributed by atoms with van der Waals surface area (Å²) in [6, 6.07) is 0. The van der Waals surface area contributed by atoms with Crippen LogP contribution in [0.1, 0.15) is 103 Å². The summed E-state index contributed by atoms with van der Waals surface area (Å²) in [5.74, 6) is -0.929. The lowest BCUT2D eigenvalue weighted by Crippen LogP contribution is -1.94. The highest BCUT2D eigenvalue weighted by molar-refractivity contribution is 5.88. The number of carboxylic acid groups (broad SMARTS) is 1. The number of hydrogen-bond acceptors (Lipinski definition) is 1. The van der Waals surface area contributed by atoms with Crippen molar-refractivity contribution in [3.05, 3.63) is 24.3 Å². The maximum atomic E-state index is 10.5. The molecule has 0 bridgehead atoms. The molecule has 0 aliphatic heterocycles. The summed E-state index contributed by atoms with van der Waals surface area (Å²) in [5, 5.41) is 8.66. The van der Waals surface area contributed by atoms with Gasteiger partial charge in [0.15, 0.2) is 0 Å². The van der Waals surface area contributed by atoms with E-state index in [9.17, 15) is 4.79 Å². The lowest BCUT2D eigenvalue weighted by Gasteiger charge is -2.02. The second-order valence-corrected chi connectivity index (χ2v) is 6.62. The van der Waals surface area contributed by atoms with Crippen molar-refractivity contribution < 1.29 is 9.90 Å².